The van der Waals surface area contributed by atoms with E-state index in [1.807, 2.05) is 19.1 Å². The van der Waals surface area contributed by atoms with Gasteiger partial charge in [0.15, 0.2) is 0 Å². The van der Waals surface area contributed by atoms with Crippen molar-refractivity contribution in [3.05, 3.63) is 52.4 Å². The molecule has 4 nitrogen and oxygen atoms in total. The van der Waals surface area contributed by atoms with Gasteiger partial charge >= 0.3 is 0 Å². The van der Waals surface area contributed by atoms with Crippen molar-refractivity contribution in [1.29, 1.82) is 0 Å². The van der Waals surface area contributed by atoms with E-state index in [1.54, 1.807) is 24.5 Å². The van der Waals surface area contributed by atoms with Crippen LogP contribution in [0.4, 0.5) is 5.82 Å². The van der Waals surface area contributed by atoms with Crippen LogP contribution in [0.1, 0.15) is 15.9 Å². The minimum absolute atomic E-state index is 0.230. The van der Waals surface area contributed by atoms with Crippen LogP contribution in [0.3, 0.4) is 0 Å². The summed E-state index contributed by atoms with van der Waals surface area (Å²) in [5, 5.41) is 2.75. The molecule has 0 unspecified atom stereocenters. The lowest BCUT2D eigenvalue weighted by Crippen LogP contribution is -2.14. The Bertz CT molecular complexity index is 557. The van der Waals surface area contributed by atoms with E-state index in [4.69, 9.17) is 0 Å². The SMILES string of the molecule is Cc1cccnc1NC(=O)c1cccnc1Br. The quantitative estimate of drug-likeness (QED) is 0.866. The summed E-state index contributed by atoms with van der Waals surface area (Å²) in [6.45, 7) is 1.89. The maximum absolute atomic E-state index is 12.0. The van der Waals surface area contributed by atoms with E-state index in [0.717, 1.165) is 5.56 Å². The first kappa shape index (κ1) is 11.7. The molecule has 0 atom stereocenters. The number of amides is 1. The third-order valence-corrected chi connectivity index (χ3v) is 2.88. The van der Waals surface area contributed by atoms with E-state index in [2.05, 4.69) is 31.2 Å². The van der Waals surface area contributed by atoms with Crippen LogP contribution >= 0.6 is 15.9 Å². The van der Waals surface area contributed by atoms with Gasteiger partial charge in [0.05, 0.1) is 5.56 Å². The fourth-order valence-corrected chi connectivity index (χ4v) is 1.78. The summed E-state index contributed by atoms with van der Waals surface area (Å²) in [6, 6.07) is 7.13. The average Bonchev–Trinajstić information content (AvgIpc) is 2.32. The first-order chi connectivity index (χ1) is 8.18. The maximum atomic E-state index is 12.0. The molecule has 2 rings (SSSR count). The predicted molar refractivity (Wildman–Crippen MR) is 68.9 cm³/mol. The Morgan fingerprint density at radius 3 is 2.65 bits per heavy atom. The largest absolute Gasteiger partial charge is 0.306 e. The highest BCUT2D eigenvalue weighted by Crippen LogP contribution is 2.16. The van der Waals surface area contributed by atoms with Crippen molar-refractivity contribution in [3.63, 3.8) is 0 Å². The zero-order valence-electron chi connectivity index (χ0n) is 9.14. The number of carbonyl (C=O) groups is 1. The van der Waals surface area contributed by atoms with Gasteiger partial charge in [0.1, 0.15) is 10.4 Å². The van der Waals surface area contributed by atoms with Crippen LogP contribution in [0.5, 0.6) is 0 Å². The van der Waals surface area contributed by atoms with Crippen molar-refractivity contribution in [2.75, 3.05) is 5.32 Å². The van der Waals surface area contributed by atoms with Crippen molar-refractivity contribution in [1.82, 2.24) is 9.97 Å². The average molecular weight is 292 g/mol. The zero-order valence-corrected chi connectivity index (χ0v) is 10.7. The molecular weight excluding hydrogens is 282 g/mol. The van der Waals surface area contributed by atoms with Crippen molar-refractivity contribution in [2.24, 2.45) is 0 Å². The highest BCUT2D eigenvalue weighted by Gasteiger charge is 2.11. The predicted octanol–water partition coefficient (Wildman–Crippen LogP) is 2.80. The third-order valence-electron chi connectivity index (χ3n) is 2.25. The van der Waals surface area contributed by atoms with Crippen LogP contribution in [-0.2, 0) is 0 Å². The molecule has 0 bridgehead atoms. The Kier molecular flexibility index (Phi) is 3.49. The van der Waals surface area contributed by atoms with Gasteiger partial charge in [-0.3, -0.25) is 4.79 Å². The van der Waals surface area contributed by atoms with Crippen LogP contribution in [0.25, 0.3) is 0 Å². The number of pyridine rings is 2. The number of nitrogens with one attached hydrogen (secondary N) is 1. The summed E-state index contributed by atoms with van der Waals surface area (Å²) < 4.78 is 0.520. The molecule has 0 aliphatic carbocycles. The molecule has 2 aromatic heterocycles. The summed E-state index contributed by atoms with van der Waals surface area (Å²) in [7, 11) is 0. The lowest BCUT2D eigenvalue weighted by molar-refractivity contribution is 0.102. The van der Waals surface area contributed by atoms with Crippen molar-refractivity contribution >= 4 is 27.7 Å². The monoisotopic (exact) mass is 291 g/mol. The Labute approximate surface area is 107 Å². The maximum Gasteiger partial charge on any atom is 0.259 e. The number of anilines is 1. The van der Waals surface area contributed by atoms with Gasteiger partial charge in [-0.2, -0.15) is 0 Å². The molecule has 0 aliphatic heterocycles. The molecular formula is C12H10BrN3O. The van der Waals surface area contributed by atoms with Crippen molar-refractivity contribution in [3.8, 4) is 0 Å². The highest BCUT2D eigenvalue weighted by atomic mass is 79.9. The molecule has 0 radical (unpaired) electrons. The fraction of sp³-hybridized carbons (Fsp3) is 0.0833. The summed E-state index contributed by atoms with van der Waals surface area (Å²) in [5.74, 6) is 0.333. The number of rotatable bonds is 2. The third kappa shape index (κ3) is 2.68. The second-order valence-electron chi connectivity index (χ2n) is 3.46. The smallest absolute Gasteiger partial charge is 0.259 e. The van der Waals surface area contributed by atoms with Crippen LogP contribution in [-0.4, -0.2) is 15.9 Å². The van der Waals surface area contributed by atoms with Gasteiger partial charge in [0.2, 0.25) is 0 Å². The van der Waals surface area contributed by atoms with Gasteiger partial charge in [-0.25, -0.2) is 9.97 Å². The Morgan fingerprint density at radius 1 is 1.24 bits per heavy atom. The number of nitrogens with zero attached hydrogens (tertiary/aromatic N) is 2. The van der Waals surface area contributed by atoms with Gasteiger partial charge < -0.3 is 5.32 Å². The van der Waals surface area contributed by atoms with Gasteiger partial charge in [0, 0.05) is 12.4 Å². The number of aryl methyl sites for hydroxylation is 1. The zero-order chi connectivity index (χ0) is 12.3. The number of hydrogen-bond donors (Lipinski definition) is 1. The second kappa shape index (κ2) is 5.05. The van der Waals surface area contributed by atoms with Crippen LogP contribution in [0.2, 0.25) is 0 Å². The molecule has 0 aromatic carbocycles. The molecule has 0 fully saturated rings. The summed E-state index contributed by atoms with van der Waals surface area (Å²) in [5.41, 5.74) is 1.40. The molecule has 86 valence electrons. The highest BCUT2D eigenvalue weighted by molar-refractivity contribution is 9.10. The van der Waals surface area contributed by atoms with Crippen molar-refractivity contribution in [2.45, 2.75) is 6.92 Å². The Hall–Kier alpha value is -1.75. The molecule has 0 saturated carbocycles. The minimum Gasteiger partial charge on any atom is -0.306 e. The minimum atomic E-state index is -0.230. The summed E-state index contributed by atoms with van der Waals surface area (Å²) in [6.07, 6.45) is 3.26. The van der Waals surface area contributed by atoms with E-state index < -0.39 is 0 Å². The van der Waals surface area contributed by atoms with Gasteiger partial charge in [-0.15, -0.1) is 0 Å². The molecule has 5 heteroatoms. The Balaban J connectivity index is 2.24. The van der Waals surface area contributed by atoms with Gasteiger partial charge in [-0.05, 0) is 46.6 Å². The van der Waals surface area contributed by atoms with Crippen molar-refractivity contribution < 1.29 is 4.79 Å². The van der Waals surface area contributed by atoms with Crippen LogP contribution in [0, 0.1) is 6.92 Å². The van der Waals surface area contributed by atoms with E-state index >= 15 is 0 Å². The molecule has 1 amide bonds. The van der Waals surface area contributed by atoms with Crippen LogP contribution < -0.4 is 5.32 Å². The number of carbonyl (C=O) groups excluding carboxylic acids is 1. The van der Waals surface area contributed by atoms with E-state index in [1.165, 1.54) is 0 Å². The second-order valence-corrected chi connectivity index (χ2v) is 4.22. The molecule has 0 spiro atoms. The van der Waals surface area contributed by atoms with Crippen LogP contribution in [0.15, 0.2) is 41.3 Å². The molecule has 0 saturated heterocycles. The number of halogens is 1. The number of aromatic nitrogens is 2. The van der Waals surface area contributed by atoms with Gasteiger partial charge in [-0.1, -0.05) is 6.07 Å². The standard InChI is InChI=1S/C12H10BrN3O/c1-8-4-2-7-15-11(8)16-12(17)9-5-3-6-14-10(9)13/h2-7H,1H3,(H,15,16,17). The Morgan fingerprint density at radius 2 is 1.94 bits per heavy atom. The summed E-state index contributed by atoms with van der Waals surface area (Å²) in [4.78, 5) is 20.1. The molecule has 2 aromatic rings. The molecule has 2 heterocycles. The number of hydrogen-bond acceptors (Lipinski definition) is 3. The van der Waals surface area contributed by atoms with E-state index in [9.17, 15) is 4.79 Å². The van der Waals surface area contributed by atoms with E-state index in [-0.39, 0.29) is 5.91 Å². The first-order valence-electron chi connectivity index (χ1n) is 5.02. The molecule has 1 N–H and O–H groups in total. The first-order valence-corrected chi connectivity index (χ1v) is 5.81. The summed E-state index contributed by atoms with van der Waals surface area (Å²) >= 11 is 3.24. The lowest BCUT2D eigenvalue weighted by Gasteiger charge is -2.07. The molecule has 17 heavy (non-hydrogen) atoms. The normalized spacial score (nSPS) is 10.0. The lowest BCUT2D eigenvalue weighted by atomic mass is 10.2. The topological polar surface area (TPSA) is 54.9 Å². The van der Waals surface area contributed by atoms with E-state index in [0.29, 0.717) is 16.0 Å². The fourth-order valence-electron chi connectivity index (χ4n) is 1.35. The van der Waals surface area contributed by atoms with Gasteiger partial charge in [0.25, 0.3) is 5.91 Å². The molecule has 0 aliphatic rings.